The van der Waals surface area contributed by atoms with Gasteiger partial charge in [0.25, 0.3) is 0 Å². The smallest absolute Gasteiger partial charge is 0.191 e. The molecule has 0 spiro atoms. The van der Waals surface area contributed by atoms with Crippen LogP contribution < -0.4 is 10.6 Å². The van der Waals surface area contributed by atoms with Gasteiger partial charge in [0.1, 0.15) is 0 Å². The van der Waals surface area contributed by atoms with Gasteiger partial charge in [0.15, 0.2) is 11.7 Å². The Kier molecular flexibility index (Phi) is 10.6. The number of hydrogen-bond acceptors (Lipinski definition) is 4. The molecule has 1 aliphatic rings. The summed E-state index contributed by atoms with van der Waals surface area (Å²) in [6, 6.07) is 10.9. The highest BCUT2D eigenvalue weighted by Gasteiger charge is 2.10. The summed E-state index contributed by atoms with van der Waals surface area (Å²) >= 11 is 0. The molecule has 0 amide bonds. The quantitative estimate of drug-likeness (QED) is 0.313. The number of halogens is 1. The summed E-state index contributed by atoms with van der Waals surface area (Å²) < 4.78 is 5.38. The van der Waals surface area contributed by atoms with Gasteiger partial charge in [-0.1, -0.05) is 56.1 Å². The van der Waals surface area contributed by atoms with Gasteiger partial charge in [-0.3, -0.25) is 9.89 Å². The molecule has 166 valence electrons. The molecule has 1 saturated heterocycles. The molecule has 1 aromatic heterocycles. The standard InChI is InChI=1S/C23H35N5O.HI/c1-18(2)22-14-21(29-27-22)16-26-23(24-3)25-15-19-9-8-10-20(13-19)17-28-11-6-4-5-7-12-28;/h8-10,13-14,18H,4-7,11-12,15-17H2,1-3H3,(H2,24,25,26);1H. The van der Waals surface area contributed by atoms with Crippen LogP contribution >= 0.6 is 24.0 Å². The lowest BCUT2D eigenvalue weighted by molar-refractivity contribution is 0.277. The number of nitrogens with one attached hydrogen (secondary N) is 2. The lowest BCUT2D eigenvalue weighted by atomic mass is 10.1. The molecule has 1 aliphatic heterocycles. The van der Waals surface area contributed by atoms with Gasteiger partial charge in [-0.15, -0.1) is 24.0 Å². The molecule has 30 heavy (non-hydrogen) atoms. The third-order valence-electron chi connectivity index (χ3n) is 5.38. The number of aliphatic imine (C=N–C) groups is 1. The largest absolute Gasteiger partial charge is 0.359 e. The average Bonchev–Trinajstić information content (AvgIpc) is 3.06. The van der Waals surface area contributed by atoms with Gasteiger partial charge >= 0.3 is 0 Å². The van der Waals surface area contributed by atoms with Crippen LogP contribution in [0.15, 0.2) is 39.8 Å². The molecule has 2 aromatic rings. The molecule has 6 nitrogen and oxygen atoms in total. The van der Waals surface area contributed by atoms with Crippen LogP contribution in [0.2, 0.25) is 0 Å². The minimum absolute atomic E-state index is 0. The van der Waals surface area contributed by atoms with Gasteiger partial charge in [-0.2, -0.15) is 0 Å². The zero-order valence-corrected chi connectivity index (χ0v) is 20.8. The van der Waals surface area contributed by atoms with Crippen LogP contribution in [0.1, 0.15) is 68.0 Å². The van der Waals surface area contributed by atoms with E-state index >= 15 is 0 Å². The maximum Gasteiger partial charge on any atom is 0.191 e. The lowest BCUT2D eigenvalue weighted by Gasteiger charge is -2.20. The fourth-order valence-electron chi connectivity index (χ4n) is 3.65. The molecule has 7 heteroatoms. The minimum Gasteiger partial charge on any atom is -0.359 e. The van der Waals surface area contributed by atoms with E-state index in [-0.39, 0.29) is 24.0 Å². The maximum atomic E-state index is 5.38. The van der Waals surface area contributed by atoms with Crippen LogP contribution in [0.4, 0.5) is 0 Å². The Morgan fingerprint density at radius 2 is 1.77 bits per heavy atom. The highest BCUT2D eigenvalue weighted by Crippen LogP contribution is 2.15. The Hall–Kier alpha value is -1.61. The Morgan fingerprint density at radius 3 is 2.43 bits per heavy atom. The fraction of sp³-hybridized carbons (Fsp3) is 0.565. The van der Waals surface area contributed by atoms with Gasteiger partial charge < -0.3 is 15.2 Å². The van der Waals surface area contributed by atoms with Crippen molar-refractivity contribution in [2.45, 2.75) is 65.1 Å². The van der Waals surface area contributed by atoms with E-state index in [1.165, 1.54) is 49.9 Å². The molecule has 0 atom stereocenters. The topological polar surface area (TPSA) is 65.7 Å². The summed E-state index contributed by atoms with van der Waals surface area (Å²) in [5.74, 6) is 1.94. The molecular formula is C23H36IN5O. The van der Waals surface area contributed by atoms with E-state index in [2.05, 4.69) is 63.8 Å². The highest BCUT2D eigenvalue weighted by atomic mass is 127. The Morgan fingerprint density at radius 1 is 1.07 bits per heavy atom. The van der Waals surface area contributed by atoms with E-state index in [9.17, 15) is 0 Å². The van der Waals surface area contributed by atoms with Crippen molar-refractivity contribution >= 4 is 29.9 Å². The fourth-order valence-corrected chi connectivity index (χ4v) is 3.65. The SMILES string of the molecule is CN=C(NCc1cccc(CN2CCCCCC2)c1)NCc1cc(C(C)C)no1.I. The molecule has 0 aliphatic carbocycles. The van der Waals surface area contributed by atoms with Crippen molar-refractivity contribution in [3.63, 3.8) is 0 Å². The molecule has 0 unspecified atom stereocenters. The van der Waals surface area contributed by atoms with E-state index in [1.54, 1.807) is 7.05 Å². The summed E-state index contributed by atoms with van der Waals surface area (Å²) in [4.78, 5) is 6.90. The molecule has 0 radical (unpaired) electrons. The summed E-state index contributed by atoms with van der Waals surface area (Å²) in [5, 5.41) is 10.8. The lowest BCUT2D eigenvalue weighted by Crippen LogP contribution is -2.36. The number of likely N-dealkylation sites (tertiary alicyclic amines) is 1. The van der Waals surface area contributed by atoms with Crippen molar-refractivity contribution in [2.24, 2.45) is 4.99 Å². The average molecular weight is 525 g/mol. The predicted molar refractivity (Wildman–Crippen MR) is 133 cm³/mol. The second-order valence-electron chi connectivity index (χ2n) is 8.16. The van der Waals surface area contributed by atoms with Crippen molar-refractivity contribution in [2.75, 3.05) is 20.1 Å². The Balaban J connectivity index is 0.00000320. The number of rotatable bonds is 7. The van der Waals surface area contributed by atoms with Gasteiger partial charge in [0, 0.05) is 26.2 Å². The summed E-state index contributed by atoms with van der Waals surface area (Å²) in [6.45, 7) is 9.01. The van der Waals surface area contributed by atoms with Gasteiger partial charge in [0.2, 0.25) is 0 Å². The number of aromatic nitrogens is 1. The van der Waals surface area contributed by atoms with Gasteiger partial charge in [0.05, 0.1) is 12.2 Å². The van der Waals surface area contributed by atoms with Gasteiger partial charge in [-0.05, 0) is 43.0 Å². The number of guanidine groups is 1. The van der Waals surface area contributed by atoms with Crippen LogP contribution in [0.25, 0.3) is 0 Å². The number of nitrogens with zero attached hydrogens (tertiary/aromatic N) is 3. The molecule has 3 rings (SSSR count). The summed E-state index contributed by atoms with van der Waals surface area (Å²) in [6.07, 6.45) is 5.40. The molecule has 2 heterocycles. The monoisotopic (exact) mass is 525 g/mol. The summed E-state index contributed by atoms with van der Waals surface area (Å²) in [7, 11) is 1.78. The van der Waals surface area contributed by atoms with Crippen molar-refractivity contribution in [3.05, 3.63) is 52.9 Å². The van der Waals surface area contributed by atoms with Gasteiger partial charge in [-0.25, -0.2) is 0 Å². The van der Waals surface area contributed by atoms with Crippen LogP contribution in [0.5, 0.6) is 0 Å². The van der Waals surface area contributed by atoms with E-state index in [1.807, 2.05) is 6.07 Å². The summed E-state index contributed by atoms with van der Waals surface area (Å²) in [5.41, 5.74) is 3.63. The molecule has 1 fully saturated rings. The molecular weight excluding hydrogens is 489 g/mol. The van der Waals surface area contributed by atoms with E-state index in [4.69, 9.17) is 4.52 Å². The number of benzene rings is 1. The van der Waals surface area contributed by atoms with Crippen molar-refractivity contribution < 1.29 is 4.52 Å². The maximum absolute atomic E-state index is 5.38. The zero-order chi connectivity index (χ0) is 20.5. The molecule has 0 saturated carbocycles. The third-order valence-corrected chi connectivity index (χ3v) is 5.38. The van der Waals surface area contributed by atoms with E-state index in [0.29, 0.717) is 12.5 Å². The first-order valence-corrected chi connectivity index (χ1v) is 10.8. The van der Waals surface area contributed by atoms with Crippen molar-refractivity contribution in [1.29, 1.82) is 0 Å². The molecule has 0 bridgehead atoms. The van der Waals surface area contributed by atoms with E-state index < -0.39 is 0 Å². The first kappa shape index (κ1) is 24.7. The minimum atomic E-state index is 0. The van der Waals surface area contributed by atoms with Crippen LogP contribution in [0.3, 0.4) is 0 Å². The molecule has 2 N–H and O–H groups in total. The highest BCUT2D eigenvalue weighted by molar-refractivity contribution is 14.0. The second-order valence-corrected chi connectivity index (χ2v) is 8.16. The van der Waals surface area contributed by atoms with Crippen LogP contribution in [-0.2, 0) is 19.6 Å². The van der Waals surface area contributed by atoms with Crippen molar-refractivity contribution in [3.8, 4) is 0 Å². The second kappa shape index (κ2) is 12.9. The Labute approximate surface area is 197 Å². The van der Waals surface area contributed by atoms with Crippen LogP contribution in [0, 0.1) is 0 Å². The van der Waals surface area contributed by atoms with Crippen LogP contribution in [-0.4, -0.2) is 36.2 Å². The Bertz CT molecular complexity index is 781. The third kappa shape index (κ3) is 7.91. The predicted octanol–water partition coefficient (Wildman–Crippen LogP) is 4.66. The zero-order valence-electron chi connectivity index (χ0n) is 18.5. The number of hydrogen-bond donors (Lipinski definition) is 2. The normalized spacial score (nSPS) is 15.5. The van der Waals surface area contributed by atoms with Crippen molar-refractivity contribution in [1.82, 2.24) is 20.7 Å². The first-order valence-electron chi connectivity index (χ1n) is 10.8. The first-order chi connectivity index (χ1) is 14.1. The van der Waals surface area contributed by atoms with E-state index in [0.717, 1.165) is 30.5 Å². The molecule has 1 aromatic carbocycles.